The molecule has 1 aliphatic carbocycles. The van der Waals surface area contributed by atoms with Crippen molar-refractivity contribution in [3.63, 3.8) is 0 Å². The molecule has 0 N–H and O–H groups in total. The van der Waals surface area contributed by atoms with Crippen LogP contribution < -0.4 is 4.57 Å². The Labute approximate surface area is 225 Å². The number of fused-ring (bicyclic) bond motifs is 4. The van der Waals surface area contributed by atoms with Crippen molar-refractivity contribution in [1.29, 1.82) is 5.26 Å². The first-order valence-electron chi connectivity index (χ1n) is 13.5. The second-order valence-electron chi connectivity index (χ2n) is 12.4. The normalized spacial score (nSPS) is 15.9. The summed E-state index contributed by atoms with van der Waals surface area (Å²) in [5, 5.41) is 12.5. The van der Waals surface area contributed by atoms with Crippen molar-refractivity contribution < 1.29 is 8.98 Å². The molecule has 3 nitrogen and oxygen atoms in total. The molecule has 0 spiro atoms. The minimum absolute atomic E-state index is 0.0802. The van der Waals surface area contributed by atoms with Gasteiger partial charge < -0.3 is 4.42 Å². The van der Waals surface area contributed by atoms with Gasteiger partial charge in [0.2, 0.25) is 5.69 Å². The largest absolute Gasteiger partial charge is 0.454 e. The molecular weight excluding hydrogens is 464 g/mol. The Hall–Kier alpha value is -3.90. The number of aryl methyl sites for hydroxylation is 3. The molecule has 0 unspecified atom stereocenters. The van der Waals surface area contributed by atoms with Crippen LogP contribution in [0.5, 0.6) is 0 Å². The monoisotopic (exact) mass is 499 g/mol. The standard InChI is InChI=1S/C35H35N2O/c1-21-11-13-24-25-18-22(2)26(20-36)31(33(25)38-32(24)30(21)29-10-8-9-17-37(29)7)23-12-14-27-28(19-23)35(5,6)16-15-34(27,3)4/h8-14,17-19H,15-16H2,1-7H3/q+1. The van der Waals surface area contributed by atoms with Crippen molar-refractivity contribution in [3.05, 3.63) is 88.6 Å². The van der Waals surface area contributed by atoms with Crippen LogP contribution in [0.4, 0.5) is 0 Å². The van der Waals surface area contributed by atoms with Crippen molar-refractivity contribution in [2.45, 2.75) is 65.2 Å². The third kappa shape index (κ3) is 3.51. The fourth-order valence-electron chi connectivity index (χ4n) is 6.47. The smallest absolute Gasteiger partial charge is 0.216 e. The van der Waals surface area contributed by atoms with E-state index < -0.39 is 0 Å². The zero-order valence-corrected chi connectivity index (χ0v) is 23.5. The van der Waals surface area contributed by atoms with Gasteiger partial charge in [-0.2, -0.15) is 5.26 Å². The summed E-state index contributed by atoms with van der Waals surface area (Å²) in [6, 6.07) is 22.1. The van der Waals surface area contributed by atoms with Crippen LogP contribution in [0.25, 0.3) is 44.3 Å². The van der Waals surface area contributed by atoms with E-state index in [1.54, 1.807) is 0 Å². The summed E-state index contributed by atoms with van der Waals surface area (Å²) in [7, 11) is 2.07. The maximum absolute atomic E-state index is 10.3. The maximum Gasteiger partial charge on any atom is 0.216 e. The zero-order valence-electron chi connectivity index (χ0n) is 23.5. The molecule has 5 aromatic rings. The number of hydrogen-bond acceptors (Lipinski definition) is 2. The first-order chi connectivity index (χ1) is 18.0. The summed E-state index contributed by atoms with van der Waals surface area (Å²) >= 11 is 0. The number of benzene rings is 3. The van der Waals surface area contributed by atoms with Crippen LogP contribution >= 0.6 is 0 Å². The average Bonchev–Trinajstić information content (AvgIpc) is 3.24. The van der Waals surface area contributed by atoms with Gasteiger partial charge in [-0.15, -0.1) is 0 Å². The van der Waals surface area contributed by atoms with Crippen LogP contribution in [0.1, 0.15) is 68.4 Å². The quantitative estimate of drug-likeness (QED) is 0.228. The molecule has 6 rings (SSSR count). The Balaban J connectivity index is 1.71. The molecule has 0 saturated carbocycles. The highest BCUT2D eigenvalue weighted by Gasteiger charge is 2.37. The van der Waals surface area contributed by atoms with Crippen molar-refractivity contribution in [1.82, 2.24) is 0 Å². The molecule has 3 heteroatoms. The molecule has 0 amide bonds. The number of pyridine rings is 1. The van der Waals surface area contributed by atoms with Gasteiger partial charge in [-0.3, -0.25) is 0 Å². The number of hydrogen-bond donors (Lipinski definition) is 0. The molecule has 38 heavy (non-hydrogen) atoms. The van der Waals surface area contributed by atoms with Crippen LogP contribution in [-0.4, -0.2) is 0 Å². The van der Waals surface area contributed by atoms with E-state index in [9.17, 15) is 5.26 Å². The highest BCUT2D eigenvalue weighted by molar-refractivity contribution is 6.14. The molecule has 0 fully saturated rings. The van der Waals surface area contributed by atoms with Gasteiger partial charge in [0.15, 0.2) is 6.20 Å². The van der Waals surface area contributed by atoms with Crippen LogP contribution in [0.2, 0.25) is 0 Å². The lowest BCUT2D eigenvalue weighted by Gasteiger charge is -2.42. The van der Waals surface area contributed by atoms with E-state index >= 15 is 0 Å². The lowest BCUT2D eigenvalue weighted by atomic mass is 9.63. The van der Waals surface area contributed by atoms with E-state index in [2.05, 4.69) is 107 Å². The molecule has 1 aliphatic rings. The Morgan fingerprint density at radius 1 is 0.789 bits per heavy atom. The maximum atomic E-state index is 10.3. The molecule has 2 heterocycles. The van der Waals surface area contributed by atoms with E-state index in [0.29, 0.717) is 5.56 Å². The number of rotatable bonds is 2. The second kappa shape index (κ2) is 8.30. The molecule has 0 radical (unpaired) electrons. The number of furan rings is 1. The average molecular weight is 500 g/mol. The van der Waals surface area contributed by atoms with Crippen molar-refractivity contribution in [2.75, 3.05) is 0 Å². The highest BCUT2D eigenvalue weighted by atomic mass is 16.3. The van der Waals surface area contributed by atoms with E-state index in [4.69, 9.17) is 4.42 Å². The van der Waals surface area contributed by atoms with E-state index in [-0.39, 0.29) is 10.8 Å². The van der Waals surface area contributed by atoms with E-state index in [0.717, 1.165) is 61.9 Å². The summed E-state index contributed by atoms with van der Waals surface area (Å²) in [5.74, 6) is 0. The molecule has 3 aromatic carbocycles. The number of nitriles is 1. The minimum Gasteiger partial charge on any atom is -0.454 e. The first kappa shape index (κ1) is 24.4. The fourth-order valence-corrected chi connectivity index (χ4v) is 6.47. The lowest BCUT2D eigenvalue weighted by molar-refractivity contribution is -0.660. The summed E-state index contributed by atoms with van der Waals surface area (Å²) in [6.07, 6.45) is 4.38. The van der Waals surface area contributed by atoms with Gasteiger partial charge in [-0.05, 0) is 77.5 Å². The molecule has 190 valence electrons. The molecule has 0 bridgehead atoms. The third-order valence-electron chi connectivity index (χ3n) is 8.90. The van der Waals surface area contributed by atoms with Gasteiger partial charge in [0.25, 0.3) is 0 Å². The zero-order chi connectivity index (χ0) is 27.0. The molecule has 0 saturated heterocycles. The molecule has 2 aromatic heterocycles. The number of nitrogens with zero attached hydrogens (tertiary/aromatic N) is 2. The van der Waals surface area contributed by atoms with Crippen molar-refractivity contribution >= 4 is 21.9 Å². The van der Waals surface area contributed by atoms with Crippen LogP contribution in [0.15, 0.2) is 65.2 Å². The summed E-state index contributed by atoms with van der Waals surface area (Å²) in [5.41, 5.74) is 11.7. The Bertz CT molecular complexity index is 1810. The van der Waals surface area contributed by atoms with Gasteiger partial charge in [0.05, 0.1) is 11.1 Å². The van der Waals surface area contributed by atoms with Crippen LogP contribution in [0.3, 0.4) is 0 Å². The van der Waals surface area contributed by atoms with E-state index in [1.165, 1.54) is 17.5 Å². The highest BCUT2D eigenvalue weighted by Crippen LogP contribution is 2.48. The Morgan fingerprint density at radius 3 is 2.21 bits per heavy atom. The third-order valence-corrected chi connectivity index (χ3v) is 8.90. The topological polar surface area (TPSA) is 40.8 Å². The lowest BCUT2D eigenvalue weighted by Crippen LogP contribution is -2.33. The second-order valence-corrected chi connectivity index (χ2v) is 12.4. The van der Waals surface area contributed by atoms with Crippen LogP contribution in [0, 0.1) is 25.2 Å². The van der Waals surface area contributed by atoms with Gasteiger partial charge in [-0.25, -0.2) is 4.57 Å². The molecule has 0 aliphatic heterocycles. The SMILES string of the molecule is Cc1cc2c(oc3c(-c4cccc[n+]4C)c(C)ccc32)c(-c2ccc3c(c2)C(C)(C)CCC3(C)C)c1C#N. The van der Waals surface area contributed by atoms with Gasteiger partial charge in [-0.1, -0.05) is 58.0 Å². The van der Waals surface area contributed by atoms with E-state index in [1.807, 2.05) is 13.0 Å². The molecule has 0 atom stereocenters. The minimum atomic E-state index is 0.0802. The van der Waals surface area contributed by atoms with Crippen molar-refractivity contribution in [2.24, 2.45) is 7.05 Å². The summed E-state index contributed by atoms with van der Waals surface area (Å²) < 4.78 is 8.96. The van der Waals surface area contributed by atoms with Gasteiger partial charge in [0, 0.05) is 28.5 Å². The Morgan fingerprint density at radius 2 is 1.50 bits per heavy atom. The fraction of sp³-hybridized carbons (Fsp3) is 0.314. The summed E-state index contributed by atoms with van der Waals surface area (Å²) in [4.78, 5) is 0. The predicted octanol–water partition coefficient (Wildman–Crippen LogP) is 8.58. The van der Waals surface area contributed by atoms with Gasteiger partial charge >= 0.3 is 0 Å². The van der Waals surface area contributed by atoms with Crippen molar-refractivity contribution in [3.8, 4) is 28.5 Å². The predicted molar refractivity (Wildman–Crippen MR) is 155 cm³/mol. The molecular formula is C35H35N2O+. The van der Waals surface area contributed by atoms with Crippen LogP contribution in [-0.2, 0) is 17.9 Å². The first-order valence-corrected chi connectivity index (χ1v) is 13.5. The number of aromatic nitrogens is 1. The van der Waals surface area contributed by atoms with Gasteiger partial charge in [0.1, 0.15) is 24.3 Å². The summed E-state index contributed by atoms with van der Waals surface area (Å²) in [6.45, 7) is 13.6. The Kier molecular flexibility index (Phi) is 5.34.